The molecule has 0 amide bonds. The predicted octanol–water partition coefficient (Wildman–Crippen LogP) is 5.00. The molecule has 1 heterocycles. The number of benzene rings is 2. The van der Waals surface area contributed by atoms with Crippen LogP contribution in [0.1, 0.15) is 5.56 Å². The predicted molar refractivity (Wildman–Crippen MR) is 76.7 cm³/mol. The third-order valence-electron chi connectivity index (χ3n) is 2.70. The number of oxazole rings is 1. The van der Waals surface area contributed by atoms with Gasteiger partial charge in [-0.25, -0.2) is 4.98 Å². The monoisotopic (exact) mass is 321 g/mol. The highest BCUT2D eigenvalue weighted by molar-refractivity contribution is 9.10. The summed E-state index contributed by atoms with van der Waals surface area (Å²) in [5.41, 5.74) is 3.61. The van der Waals surface area contributed by atoms with Crippen LogP contribution in [0.4, 0.5) is 0 Å². The fraction of sp³-hybridized carbons (Fsp3) is 0.0714. The van der Waals surface area contributed by atoms with Crippen LogP contribution in [0.2, 0.25) is 0 Å². The molecule has 0 saturated heterocycles. The van der Waals surface area contributed by atoms with Crippen LogP contribution in [-0.2, 0) is 5.88 Å². The molecular weight excluding hydrogens is 314 g/mol. The summed E-state index contributed by atoms with van der Waals surface area (Å²) in [7, 11) is 0. The molecule has 0 unspecified atom stereocenters. The van der Waals surface area contributed by atoms with Gasteiger partial charge in [0.1, 0.15) is 5.52 Å². The third kappa shape index (κ3) is 2.16. The quantitative estimate of drug-likeness (QED) is 0.621. The van der Waals surface area contributed by atoms with Gasteiger partial charge in [-0.1, -0.05) is 22.0 Å². The molecule has 3 aromatic rings. The van der Waals surface area contributed by atoms with Gasteiger partial charge in [-0.15, -0.1) is 11.6 Å². The lowest BCUT2D eigenvalue weighted by Crippen LogP contribution is -1.76. The number of alkyl halides is 1. The SMILES string of the molecule is ClCc1ccc2nc(-c3ccc(Br)cc3)oc2c1. The third-order valence-corrected chi connectivity index (χ3v) is 3.54. The normalized spacial score (nSPS) is 11.0. The summed E-state index contributed by atoms with van der Waals surface area (Å²) in [4.78, 5) is 4.46. The Morgan fingerprint density at radius 2 is 1.89 bits per heavy atom. The number of hydrogen-bond acceptors (Lipinski definition) is 2. The van der Waals surface area contributed by atoms with Crippen molar-refractivity contribution in [2.75, 3.05) is 0 Å². The van der Waals surface area contributed by atoms with Gasteiger partial charge in [0.25, 0.3) is 0 Å². The second-order valence-electron chi connectivity index (χ2n) is 3.96. The molecule has 1 aromatic heterocycles. The summed E-state index contributed by atoms with van der Waals surface area (Å²) < 4.78 is 6.79. The van der Waals surface area contributed by atoms with Crippen molar-refractivity contribution >= 4 is 38.6 Å². The molecule has 4 heteroatoms. The van der Waals surface area contributed by atoms with Crippen LogP contribution in [0, 0.1) is 0 Å². The first kappa shape index (κ1) is 11.8. The van der Waals surface area contributed by atoms with Crippen molar-refractivity contribution in [3.05, 3.63) is 52.5 Å². The lowest BCUT2D eigenvalue weighted by Gasteiger charge is -1.94. The van der Waals surface area contributed by atoms with Gasteiger partial charge in [0, 0.05) is 15.9 Å². The molecule has 18 heavy (non-hydrogen) atoms. The zero-order valence-electron chi connectivity index (χ0n) is 9.36. The lowest BCUT2D eigenvalue weighted by molar-refractivity contribution is 0.619. The molecule has 2 aromatic carbocycles. The number of aromatic nitrogens is 1. The molecule has 0 aliphatic heterocycles. The average molecular weight is 323 g/mol. The maximum atomic E-state index is 5.80. The first-order chi connectivity index (χ1) is 8.76. The minimum absolute atomic E-state index is 0.476. The summed E-state index contributed by atoms with van der Waals surface area (Å²) in [6.45, 7) is 0. The molecule has 0 atom stereocenters. The molecule has 0 spiro atoms. The average Bonchev–Trinajstić information content (AvgIpc) is 2.82. The van der Waals surface area contributed by atoms with Crippen LogP contribution in [0.3, 0.4) is 0 Å². The zero-order chi connectivity index (χ0) is 12.5. The van der Waals surface area contributed by atoms with Gasteiger partial charge in [-0.2, -0.15) is 0 Å². The van der Waals surface area contributed by atoms with Gasteiger partial charge < -0.3 is 4.42 Å². The van der Waals surface area contributed by atoms with Crippen molar-refractivity contribution in [1.82, 2.24) is 4.98 Å². The highest BCUT2D eigenvalue weighted by atomic mass is 79.9. The second kappa shape index (κ2) is 4.75. The van der Waals surface area contributed by atoms with Gasteiger partial charge in [-0.05, 0) is 42.0 Å². The van der Waals surface area contributed by atoms with Crippen molar-refractivity contribution in [2.24, 2.45) is 0 Å². The van der Waals surface area contributed by atoms with E-state index >= 15 is 0 Å². The van der Waals surface area contributed by atoms with E-state index in [1.807, 2.05) is 42.5 Å². The summed E-state index contributed by atoms with van der Waals surface area (Å²) >= 11 is 9.21. The van der Waals surface area contributed by atoms with E-state index in [1.165, 1.54) is 0 Å². The standard InChI is InChI=1S/C14H9BrClNO/c15-11-4-2-10(3-5-11)14-17-12-6-1-9(8-16)7-13(12)18-14/h1-7H,8H2. The van der Waals surface area contributed by atoms with Crippen molar-refractivity contribution in [2.45, 2.75) is 5.88 Å². The van der Waals surface area contributed by atoms with Gasteiger partial charge in [0.2, 0.25) is 5.89 Å². The summed E-state index contributed by atoms with van der Waals surface area (Å²) in [5.74, 6) is 1.11. The minimum atomic E-state index is 0.476. The molecule has 3 rings (SSSR count). The van der Waals surface area contributed by atoms with E-state index in [4.69, 9.17) is 16.0 Å². The Kier molecular flexibility index (Phi) is 3.10. The molecule has 0 aliphatic carbocycles. The topological polar surface area (TPSA) is 26.0 Å². The van der Waals surface area contributed by atoms with Crippen LogP contribution in [0.25, 0.3) is 22.6 Å². The number of hydrogen-bond donors (Lipinski definition) is 0. The summed E-state index contributed by atoms with van der Waals surface area (Å²) in [6, 6.07) is 13.7. The molecule has 0 bridgehead atoms. The first-order valence-electron chi connectivity index (χ1n) is 5.47. The minimum Gasteiger partial charge on any atom is -0.436 e. The highest BCUT2D eigenvalue weighted by Crippen LogP contribution is 2.26. The Balaban J connectivity index is 2.10. The largest absolute Gasteiger partial charge is 0.436 e. The van der Waals surface area contributed by atoms with Crippen molar-refractivity contribution in [3.8, 4) is 11.5 Å². The Morgan fingerprint density at radius 1 is 1.11 bits per heavy atom. The van der Waals surface area contributed by atoms with E-state index in [0.717, 1.165) is 26.7 Å². The Morgan fingerprint density at radius 3 is 2.61 bits per heavy atom. The van der Waals surface area contributed by atoms with E-state index in [9.17, 15) is 0 Å². The van der Waals surface area contributed by atoms with Crippen LogP contribution in [0.15, 0.2) is 51.4 Å². The number of rotatable bonds is 2. The lowest BCUT2D eigenvalue weighted by atomic mass is 10.2. The van der Waals surface area contributed by atoms with Crippen molar-refractivity contribution in [3.63, 3.8) is 0 Å². The smallest absolute Gasteiger partial charge is 0.227 e. The first-order valence-corrected chi connectivity index (χ1v) is 6.80. The maximum absolute atomic E-state index is 5.80. The molecule has 2 nitrogen and oxygen atoms in total. The number of nitrogens with zero attached hydrogens (tertiary/aromatic N) is 1. The maximum Gasteiger partial charge on any atom is 0.227 e. The fourth-order valence-electron chi connectivity index (χ4n) is 1.77. The van der Waals surface area contributed by atoms with E-state index in [-0.39, 0.29) is 0 Å². The van der Waals surface area contributed by atoms with E-state index in [0.29, 0.717) is 11.8 Å². The van der Waals surface area contributed by atoms with Gasteiger partial charge >= 0.3 is 0 Å². The van der Waals surface area contributed by atoms with Gasteiger partial charge in [0.15, 0.2) is 5.58 Å². The molecule has 90 valence electrons. The van der Waals surface area contributed by atoms with Crippen LogP contribution in [0.5, 0.6) is 0 Å². The highest BCUT2D eigenvalue weighted by Gasteiger charge is 2.08. The van der Waals surface area contributed by atoms with Crippen LogP contribution < -0.4 is 0 Å². The Labute approximate surface area is 118 Å². The Hall–Kier alpha value is -1.32. The molecule has 0 N–H and O–H groups in total. The number of halogens is 2. The number of fused-ring (bicyclic) bond motifs is 1. The second-order valence-corrected chi connectivity index (χ2v) is 5.14. The molecule has 0 aliphatic rings. The van der Waals surface area contributed by atoms with Gasteiger partial charge in [-0.3, -0.25) is 0 Å². The van der Waals surface area contributed by atoms with E-state index in [2.05, 4.69) is 20.9 Å². The zero-order valence-corrected chi connectivity index (χ0v) is 11.7. The van der Waals surface area contributed by atoms with E-state index in [1.54, 1.807) is 0 Å². The van der Waals surface area contributed by atoms with Crippen LogP contribution in [-0.4, -0.2) is 4.98 Å². The fourth-order valence-corrected chi connectivity index (χ4v) is 2.20. The molecule has 0 saturated carbocycles. The van der Waals surface area contributed by atoms with Gasteiger partial charge in [0.05, 0.1) is 0 Å². The van der Waals surface area contributed by atoms with E-state index < -0.39 is 0 Å². The molecule has 0 radical (unpaired) electrons. The molecular formula is C14H9BrClNO. The van der Waals surface area contributed by atoms with Crippen molar-refractivity contribution in [1.29, 1.82) is 0 Å². The van der Waals surface area contributed by atoms with Crippen LogP contribution >= 0.6 is 27.5 Å². The Bertz CT molecular complexity index is 691. The summed E-state index contributed by atoms with van der Waals surface area (Å²) in [5, 5.41) is 0. The summed E-state index contributed by atoms with van der Waals surface area (Å²) in [6.07, 6.45) is 0. The molecule has 0 fully saturated rings. The van der Waals surface area contributed by atoms with Crippen molar-refractivity contribution < 1.29 is 4.42 Å².